The zero-order valence-corrected chi connectivity index (χ0v) is 15.1. The van der Waals surface area contributed by atoms with Gasteiger partial charge >= 0.3 is 6.18 Å². The van der Waals surface area contributed by atoms with Gasteiger partial charge in [0.1, 0.15) is 0 Å². The van der Waals surface area contributed by atoms with Crippen molar-refractivity contribution in [3.05, 3.63) is 65.2 Å². The SMILES string of the molecule is Cc1ccc(NC(=O)C2CC2)cc1NC(=O)/C=C/c1cccc(C(F)(F)F)c1. The van der Waals surface area contributed by atoms with Crippen LogP contribution in [0.5, 0.6) is 0 Å². The summed E-state index contributed by atoms with van der Waals surface area (Å²) in [5, 5.41) is 5.49. The summed E-state index contributed by atoms with van der Waals surface area (Å²) in [5.41, 5.74) is 1.40. The quantitative estimate of drug-likeness (QED) is 0.707. The van der Waals surface area contributed by atoms with Crippen molar-refractivity contribution in [3.63, 3.8) is 0 Å². The van der Waals surface area contributed by atoms with E-state index in [1.807, 2.05) is 0 Å². The summed E-state index contributed by atoms with van der Waals surface area (Å²) >= 11 is 0. The second-order valence-corrected chi connectivity index (χ2v) is 6.74. The molecule has 7 heteroatoms. The number of aryl methyl sites for hydroxylation is 1. The maximum absolute atomic E-state index is 12.7. The van der Waals surface area contributed by atoms with Gasteiger partial charge in [0.25, 0.3) is 0 Å². The number of anilines is 2. The van der Waals surface area contributed by atoms with Crippen molar-refractivity contribution in [1.82, 2.24) is 0 Å². The normalized spacial score (nSPS) is 14.1. The number of alkyl halides is 3. The summed E-state index contributed by atoms with van der Waals surface area (Å²) in [6.07, 6.45) is -0.166. The number of carbonyl (C=O) groups excluding carboxylic acids is 2. The van der Waals surface area contributed by atoms with Crippen molar-refractivity contribution in [2.75, 3.05) is 10.6 Å². The van der Waals surface area contributed by atoms with Crippen molar-refractivity contribution in [1.29, 1.82) is 0 Å². The molecular weight excluding hydrogens is 369 g/mol. The molecule has 4 nitrogen and oxygen atoms in total. The molecule has 0 radical (unpaired) electrons. The molecule has 1 saturated carbocycles. The molecular formula is C21H19F3N2O2. The van der Waals surface area contributed by atoms with Gasteiger partial charge in [0.05, 0.1) is 5.56 Å². The lowest BCUT2D eigenvalue weighted by Crippen LogP contribution is -2.14. The van der Waals surface area contributed by atoms with Gasteiger partial charge in [-0.25, -0.2) is 0 Å². The first-order valence-electron chi connectivity index (χ1n) is 8.80. The third-order valence-corrected chi connectivity index (χ3v) is 4.35. The highest BCUT2D eigenvalue weighted by Crippen LogP contribution is 2.31. The van der Waals surface area contributed by atoms with Crippen molar-refractivity contribution in [2.45, 2.75) is 25.9 Å². The number of hydrogen-bond donors (Lipinski definition) is 2. The maximum Gasteiger partial charge on any atom is 0.416 e. The van der Waals surface area contributed by atoms with Gasteiger partial charge in [-0.15, -0.1) is 0 Å². The number of nitrogens with one attached hydrogen (secondary N) is 2. The van der Waals surface area contributed by atoms with Gasteiger partial charge in [-0.2, -0.15) is 13.2 Å². The zero-order chi connectivity index (χ0) is 20.3. The van der Waals surface area contributed by atoms with Crippen molar-refractivity contribution in [3.8, 4) is 0 Å². The predicted octanol–water partition coefficient (Wildman–Crippen LogP) is 5.01. The lowest BCUT2D eigenvalue weighted by Gasteiger charge is -2.10. The van der Waals surface area contributed by atoms with Crippen LogP contribution in [0, 0.1) is 12.8 Å². The van der Waals surface area contributed by atoms with Gasteiger partial charge < -0.3 is 10.6 Å². The Balaban J connectivity index is 1.67. The van der Waals surface area contributed by atoms with E-state index in [4.69, 9.17) is 0 Å². The molecule has 0 atom stereocenters. The molecule has 2 aromatic carbocycles. The number of benzene rings is 2. The standard InChI is InChI=1S/C21H19F3N2O2/c1-13-5-9-17(25-20(28)15-7-8-15)12-18(13)26-19(27)10-6-14-3-2-4-16(11-14)21(22,23)24/h2-6,9-12,15H,7-8H2,1H3,(H,25,28)(H,26,27)/b10-6+. The van der Waals surface area contributed by atoms with Crippen LogP contribution in [-0.4, -0.2) is 11.8 Å². The second kappa shape index (κ2) is 7.88. The van der Waals surface area contributed by atoms with Crippen LogP contribution >= 0.6 is 0 Å². The number of hydrogen-bond acceptors (Lipinski definition) is 2. The van der Waals surface area contributed by atoms with Crippen LogP contribution in [0.1, 0.15) is 29.5 Å². The minimum atomic E-state index is -4.44. The first-order valence-corrected chi connectivity index (χ1v) is 8.80. The number of rotatable bonds is 5. The highest BCUT2D eigenvalue weighted by molar-refractivity contribution is 6.03. The summed E-state index contributed by atoms with van der Waals surface area (Å²) in [6, 6.07) is 9.91. The average molecular weight is 388 g/mol. The van der Waals surface area contributed by atoms with Gasteiger partial charge in [-0.05, 0) is 61.2 Å². The lowest BCUT2D eigenvalue weighted by molar-refractivity contribution is -0.137. The Hall–Kier alpha value is -3.09. The highest BCUT2D eigenvalue weighted by atomic mass is 19.4. The van der Waals surface area contributed by atoms with E-state index in [0.717, 1.165) is 30.5 Å². The van der Waals surface area contributed by atoms with E-state index in [0.29, 0.717) is 11.4 Å². The molecule has 0 bridgehead atoms. The largest absolute Gasteiger partial charge is 0.416 e. The predicted molar refractivity (Wildman–Crippen MR) is 102 cm³/mol. The lowest BCUT2D eigenvalue weighted by atomic mass is 10.1. The Morgan fingerprint density at radius 1 is 1.07 bits per heavy atom. The molecule has 1 aliphatic rings. The van der Waals surface area contributed by atoms with E-state index in [1.54, 1.807) is 25.1 Å². The Morgan fingerprint density at radius 2 is 1.82 bits per heavy atom. The van der Waals surface area contributed by atoms with Gasteiger partial charge in [-0.3, -0.25) is 9.59 Å². The molecule has 0 heterocycles. The molecule has 0 unspecified atom stereocenters. The fraction of sp³-hybridized carbons (Fsp3) is 0.238. The van der Waals surface area contributed by atoms with Gasteiger partial charge in [0.15, 0.2) is 0 Å². The monoisotopic (exact) mass is 388 g/mol. The number of amides is 2. The topological polar surface area (TPSA) is 58.2 Å². The Morgan fingerprint density at radius 3 is 2.50 bits per heavy atom. The molecule has 28 heavy (non-hydrogen) atoms. The second-order valence-electron chi connectivity index (χ2n) is 6.74. The Kier molecular flexibility index (Phi) is 5.53. The van der Waals surface area contributed by atoms with E-state index in [-0.39, 0.29) is 17.4 Å². The third kappa shape index (κ3) is 5.22. The molecule has 2 N–H and O–H groups in total. The van der Waals surface area contributed by atoms with E-state index < -0.39 is 17.6 Å². The molecule has 1 aliphatic carbocycles. The van der Waals surface area contributed by atoms with Crippen LogP contribution in [0.3, 0.4) is 0 Å². The number of halogens is 3. The van der Waals surface area contributed by atoms with Crippen LogP contribution in [-0.2, 0) is 15.8 Å². The first kappa shape index (κ1) is 19.7. The zero-order valence-electron chi connectivity index (χ0n) is 15.1. The van der Waals surface area contributed by atoms with Gasteiger partial charge in [0.2, 0.25) is 11.8 Å². The molecule has 2 amide bonds. The summed E-state index contributed by atoms with van der Waals surface area (Å²) in [7, 11) is 0. The van der Waals surface area contributed by atoms with Crippen LogP contribution in [0.2, 0.25) is 0 Å². The molecule has 3 rings (SSSR count). The average Bonchev–Trinajstić information content (AvgIpc) is 3.47. The highest BCUT2D eigenvalue weighted by Gasteiger charge is 2.30. The third-order valence-electron chi connectivity index (χ3n) is 4.35. The van der Waals surface area contributed by atoms with Crippen molar-refractivity contribution < 1.29 is 22.8 Å². The Bertz CT molecular complexity index is 931. The fourth-order valence-corrected chi connectivity index (χ4v) is 2.59. The molecule has 146 valence electrons. The minimum Gasteiger partial charge on any atom is -0.326 e. The minimum absolute atomic E-state index is 0.0365. The van der Waals surface area contributed by atoms with Crippen LogP contribution in [0.15, 0.2) is 48.5 Å². The van der Waals surface area contributed by atoms with Crippen LogP contribution in [0.4, 0.5) is 24.5 Å². The summed E-state index contributed by atoms with van der Waals surface area (Å²) in [6.45, 7) is 1.80. The maximum atomic E-state index is 12.7. The van der Waals surface area contributed by atoms with Gasteiger partial charge in [0, 0.05) is 23.4 Å². The van der Waals surface area contributed by atoms with Crippen LogP contribution in [0.25, 0.3) is 6.08 Å². The van der Waals surface area contributed by atoms with E-state index in [9.17, 15) is 22.8 Å². The molecule has 0 aliphatic heterocycles. The molecule has 0 spiro atoms. The number of carbonyl (C=O) groups is 2. The fourth-order valence-electron chi connectivity index (χ4n) is 2.59. The van der Waals surface area contributed by atoms with Crippen LogP contribution < -0.4 is 10.6 Å². The smallest absolute Gasteiger partial charge is 0.326 e. The molecule has 2 aromatic rings. The van der Waals surface area contributed by atoms with E-state index >= 15 is 0 Å². The molecule has 1 fully saturated rings. The van der Waals surface area contributed by atoms with Crippen molar-refractivity contribution >= 4 is 29.3 Å². The van der Waals surface area contributed by atoms with E-state index in [2.05, 4.69) is 10.6 Å². The summed E-state index contributed by atoms with van der Waals surface area (Å²) < 4.78 is 38.2. The molecule has 0 aromatic heterocycles. The van der Waals surface area contributed by atoms with Gasteiger partial charge in [-0.1, -0.05) is 18.2 Å². The Labute approximate surface area is 160 Å². The first-order chi connectivity index (χ1) is 13.2. The summed E-state index contributed by atoms with van der Waals surface area (Å²) in [5.74, 6) is -0.452. The van der Waals surface area contributed by atoms with Crippen molar-refractivity contribution in [2.24, 2.45) is 5.92 Å². The summed E-state index contributed by atoms with van der Waals surface area (Å²) in [4.78, 5) is 24.0. The van der Waals surface area contributed by atoms with E-state index in [1.165, 1.54) is 24.3 Å². The molecule has 0 saturated heterocycles.